The summed E-state index contributed by atoms with van der Waals surface area (Å²) in [5.41, 5.74) is 0. The number of hydrogen-bond acceptors (Lipinski definition) is 3. The fourth-order valence-electron chi connectivity index (χ4n) is 1.76. The molecule has 0 amide bonds. The van der Waals surface area contributed by atoms with Crippen molar-refractivity contribution in [3.63, 3.8) is 0 Å². The fraction of sp³-hybridized carbons (Fsp3) is 1.00. The highest BCUT2D eigenvalue weighted by Crippen LogP contribution is 2.14. The lowest BCUT2D eigenvalue weighted by molar-refractivity contribution is -0.141. The van der Waals surface area contributed by atoms with Gasteiger partial charge in [0.25, 0.3) is 0 Å². The zero-order valence-electron chi connectivity index (χ0n) is 11.3. The third-order valence-corrected chi connectivity index (χ3v) is 2.78. The quantitative estimate of drug-likeness (QED) is 0.404. The van der Waals surface area contributed by atoms with Gasteiger partial charge in [0.05, 0.1) is 6.10 Å². The standard InChI is InChI=1S/C13H28O3/c1-5-7-8-9-10-12(14-3)11-13(15-4)16-6-2/h12-13H,5-11H2,1-4H3/t12-,13-/m1/s1. The monoisotopic (exact) mass is 232 g/mol. The predicted molar refractivity (Wildman–Crippen MR) is 66.6 cm³/mol. The van der Waals surface area contributed by atoms with Gasteiger partial charge in [0.2, 0.25) is 0 Å². The summed E-state index contributed by atoms with van der Waals surface area (Å²) in [6.45, 7) is 4.89. The first-order chi connectivity index (χ1) is 7.78. The van der Waals surface area contributed by atoms with Crippen LogP contribution in [0.25, 0.3) is 0 Å². The molecule has 0 heterocycles. The van der Waals surface area contributed by atoms with E-state index in [0.717, 1.165) is 12.8 Å². The molecule has 0 aromatic rings. The maximum Gasteiger partial charge on any atom is 0.159 e. The average Bonchev–Trinajstić information content (AvgIpc) is 2.31. The van der Waals surface area contributed by atoms with E-state index in [9.17, 15) is 0 Å². The second-order valence-electron chi connectivity index (χ2n) is 4.06. The van der Waals surface area contributed by atoms with Gasteiger partial charge in [-0.1, -0.05) is 32.6 Å². The molecule has 0 bridgehead atoms. The van der Waals surface area contributed by atoms with E-state index in [-0.39, 0.29) is 12.4 Å². The lowest BCUT2D eigenvalue weighted by Gasteiger charge is -2.21. The third-order valence-electron chi connectivity index (χ3n) is 2.78. The van der Waals surface area contributed by atoms with Crippen LogP contribution in [0.5, 0.6) is 0 Å². The summed E-state index contributed by atoms with van der Waals surface area (Å²) in [6.07, 6.45) is 7.18. The second-order valence-corrected chi connectivity index (χ2v) is 4.06. The third kappa shape index (κ3) is 8.08. The molecule has 0 aliphatic rings. The Kier molecular flexibility index (Phi) is 11.3. The summed E-state index contributed by atoms with van der Waals surface area (Å²) in [5, 5.41) is 0. The van der Waals surface area contributed by atoms with Crippen molar-refractivity contribution in [3.8, 4) is 0 Å². The Bertz CT molecular complexity index is 139. The minimum absolute atomic E-state index is 0.124. The van der Waals surface area contributed by atoms with Gasteiger partial charge in [0.15, 0.2) is 6.29 Å². The highest BCUT2D eigenvalue weighted by atomic mass is 16.7. The second kappa shape index (κ2) is 11.4. The van der Waals surface area contributed by atoms with E-state index in [0.29, 0.717) is 6.61 Å². The Morgan fingerprint density at radius 2 is 1.69 bits per heavy atom. The van der Waals surface area contributed by atoms with Crippen molar-refractivity contribution in [2.75, 3.05) is 20.8 Å². The first-order valence-corrected chi connectivity index (χ1v) is 6.45. The van der Waals surface area contributed by atoms with Gasteiger partial charge in [-0.25, -0.2) is 0 Å². The predicted octanol–water partition coefficient (Wildman–Crippen LogP) is 3.37. The molecule has 0 saturated heterocycles. The van der Waals surface area contributed by atoms with Crippen molar-refractivity contribution in [2.24, 2.45) is 0 Å². The normalized spacial score (nSPS) is 15.0. The molecular formula is C13H28O3. The van der Waals surface area contributed by atoms with E-state index in [2.05, 4.69) is 6.92 Å². The van der Waals surface area contributed by atoms with Crippen LogP contribution in [0.3, 0.4) is 0 Å². The molecule has 0 rings (SSSR count). The van der Waals surface area contributed by atoms with Gasteiger partial charge >= 0.3 is 0 Å². The molecule has 0 aliphatic heterocycles. The van der Waals surface area contributed by atoms with Gasteiger partial charge in [-0.3, -0.25) is 0 Å². The Hall–Kier alpha value is -0.120. The summed E-state index contributed by atoms with van der Waals surface area (Å²) in [7, 11) is 3.45. The van der Waals surface area contributed by atoms with Crippen molar-refractivity contribution in [1.29, 1.82) is 0 Å². The molecule has 0 aromatic carbocycles. The van der Waals surface area contributed by atoms with Crippen LogP contribution in [0.15, 0.2) is 0 Å². The van der Waals surface area contributed by atoms with Crippen molar-refractivity contribution in [2.45, 2.75) is 64.8 Å². The highest BCUT2D eigenvalue weighted by Gasteiger charge is 2.15. The van der Waals surface area contributed by atoms with Crippen LogP contribution in [0.1, 0.15) is 52.4 Å². The molecule has 0 unspecified atom stereocenters. The van der Waals surface area contributed by atoms with Crippen LogP contribution >= 0.6 is 0 Å². The van der Waals surface area contributed by atoms with Crippen molar-refractivity contribution in [1.82, 2.24) is 0 Å². The van der Waals surface area contributed by atoms with E-state index in [1.807, 2.05) is 6.92 Å². The van der Waals surface area contributed by atoms with Gasteiger partial charge in [-0.2, -0.15) is 0 Å². The van der Waals surface area contributed by atoms with E-state index in [1.54, 1.807) is 14.2 Å². The van der Waals surface area contributed by atoms with Crippen LogP contribution in [0.4, 0.5) is 0 Å². The lowest BCUT2D eigenvalue weighted by Crippen LogP contribution is -2.24. The molecule has 3 heteroatoms. The van der Waals surface area contributed by atoms with Crippen LogP contribution in [0.2, 0.25) is 0 Å². The van der Waals surface area contributed by atoms with Crippen molar-refractivity contribution >= 4 is 0 Å². The van der Waals surface area contributed by atoms with Crippen LogP contribution in [-0.4, -0.2) is 33.2 Å². The zero-order valence-corrected chi connectivity index (χ0v) is 11.3. The molecule has 0 radical (unpaired) electrons. The molecule has 0 aromatic heterocycles. The van der Waals surface area contributed by atoms with E-state index < -0.39 is 0 Å². The number of ether oxygens (including phenoxy) is 3. The Balaban J connectivity index is 3.70. The molecule has 0 fully saturated rings. The van der Waals surface area contributed by atoms with Gasteiger partial charge in [-0.15, -0.1) is 0 Å². The maximum absolute atomic E-state index is 5.45. The summed E-state index contributed by atoms with van der Waals surface area (Å²) in [6, 6.07) is 0. The SMILES string of the molecule is CCCCCC[C@H](C[C@H](OC)OCC)OC. The van der Waals surface area contributed by atoms with E-state index >= 15 is 0 Å². The minimum atomic E-state index is -0.124. The first-order valence-electron chi connectivity index (χ1n) is 6.45. The Morgan fingerprint density at radius 3 is 2.19 bits per heavy atom. The van der Waals surface area contributed by atoms with Crippen molar-refractivity contribution < 1.29 is 14.2 Å². The number of hydrogen-bond donors (Lipinski definition) is 0. The Morgan fingerprint density at radius 1 is 0.938 bits per heavy atom. The van der Waals surface area contributed by atoms with E-state index in [1.165, 1.54) is 25.7 Å². The first kappa shape index (κ1) is 15.9. The molecule has 0 aliphatic carbocycles. The van der Waals surface area contributed by atoms with Gasteiger partial charge in [-0.05, 0) is 13.3 Å². The summed E-state index contributed by atoms with van der Waals surface area (Å²) in [4.78, 5) is 0. The van der Waals surface area contributed by atoms with E-state index in [4.69, 9.17) is 14.2 Å². The average molecular weight is 232 g/mol. The smallest absolute Gasteiger partial charge is 0.159 e. The summed E-state index contributed by atoms with van der Waals surface area (Å²) >= 11 is 0. The fourth-order valence-corrected chi connectivity index (χ4v) is 1.76. The highest BCUT2D eigenvalue weighted by molar-refractivity contribution is 4.61. The number of rotatable bonds is 11. The van der Waals surface area contributed by atoms with Crippen LogP contribution < -0.4 is 0 Å². The van der Waals surface area contributed by atoms with Crippen LogP contribution in [0, 0.1) is 0 Å². The number of methoxy groups -OCH3 is 2. The maximum atomic E-state index is 5.45. The number of unbranched alkanes of at least 4 members (excludes halogenated alkanes) is 3. The van der Waals surface area contributed by atoms with Gasteiger partial charge in [0, 0.05) is 27.2 Å². The van der Waals surface area contributed by atoms with Gasteiger partial charge in [0.1, 0.15) is 0 Å². The minimum Gasteiger partial charge on any atom is -0.381 e. The molecule has 2 atom stereocenters. The summed E-state index contributed by atoms with van der Waals surface area (Å²) < 4.78 is 16.1. The zero-order chi connectivity index (χ0) is 12.2. The topological polar surface area (TPSA) is 27.7 Å². The molecule has 98 valence electrons. The Labute approximate surface area is 100 Å². The van der Waals surface area contributed by atoms with Crippen molar-refractivity contribution in [3.05, 3.63) is 0 Å². The molecule has 0 spiro atoms. The molecular weight excluding hydrogens is 204 g/mol. The summed E-state index contributed by atoms with van der Waals surface area (Å²) in [5.74, 6) is 0. The lowest BCUT2D eigenvalue weighted by atomic mass is 10.1. The largest absolute Gasteiger partial charge is 0.381 e. The molecule has 16 heavy (non-hydrogen) atoms. The van der Waals surface area contributed by atoms with Crippen LogP contribution in [-0.2, 0) is 14.2 Å². The molecule has 3 nitrogen and oxygen atoms in total. The molecule has 0 N–H and O–H groups in total. The van der Waals surface area contributed by atoms with Gasteiger partial charge < -0.3 is 14.2 Å². The molecule has 0 saturated carbocycles.